The van der Waals surface area contributed by atoms with E-state index in [0.717, 1.165) is 16.7 Å². The molecule has 1 N–H and O–H groups in total. The van der Waals surface area contributed by atoms with Crippen LogP contribution >= 0.6 is 23.7 Å². The molecule has 3 nitrogen and oxygen atoms in total. The highest BCUT2D eigenvalue weighted by molar-refractivity contribution is 7.15. The molecule has 0 unspecified atom stereocenters. The number of nitrogens with one attached hydrogen (secondary N) is 1. The van der Waals surface area contributed by atoms with Crippen molar-refractivity contribution in [2.24, 2.45) is 0 Å². The maximum absolute atomic E-state index is 3.86. The molecule has 1 aromatic rings. The molecule has 0 radical (unpaired) electrons. The summed E-state index contributed by atoms with van der Waals surface area (Å²) in [6, 6.07) is 0. The Hall–Kier alpha value is -0.610. The lowest BCUT2D eigenvalue weighted by Crippen LogP contribution is -1.96. The van der Waals surface area contributed by atoms with Crippen LogP contribution in [0.3, 0.4) is 0 Å². The standard InChI is InChI=1S/C6H9N3S.ClH/c1-3-4-7-6-9-8-5(2)10-6;/h3H,1,4H2,2H3,(H,7,9);1H. The fourth-order valence-corrected chi connectivity index (χ4v) is 1.13. The third-order valence-electron chi connectivity index (χ3n) is 0.924. The maximum atomic E-state index is 3.86. The van der Waals surface area contributed by atoms with Crippen LogP contribution in [0, 0.1) is 6.92 Å². The van der Waals surface area contributed by atoms with Crippen LogP contribution in [-0.4, -0.2) is 16.7 Å². The molecule has 62 valence electrons. The Balaban J connectivity index is 0.000001000. The fraction of sp³-hybridized carbons (Fsp3) is 0.333. The number of rotatable bonds is 3. The van der Waals surface area contributed by atoms with Crippen LogP contribution in [0.5, 0.6) is 0 Å². The van der Waals surface area contributed by atoms with Gasteiger partial charge in [0.05, 0.1) is 0 Å². The van der Waals surface area contributed by atoms with Crippen molar-refractivity contribution >= 4 is 28.9 Å². The third kappa shape index (κ3) is 3.34. The molecular weight excluding hydrogens is 182 g/mol. The van der Waals surface area contributed by atoms with E-state index in [1.807, 2.05) is 6.92 Å². The highest BCUT2D eigenvalue weighted by Gasteiger charge is 1.95. The van der Waals surface area contributed by atoms with Crippen LogP contribution in [0.1, 0.15) is 5.01 Å². The van der Waals surface area contributed by atoms with E-state index in [1.54, 1.807) is 17.4 Å². The van der Waals surface area contributed by atoms with Gasteiger partial charge in [-0.25, -0.2) is 0 Å². The minimum absolute atomic E-state index is 0. The predicted molar refractivity (Wildman–Crippen MR) is 50.6 cm³/mol. The van der Waals surface area contributed by atoms with Gasteiger partial charge in [-0.15, -0.1) is 29.2 Å². The van der Waals surface area contributed by atoms with Gasteiger partial charge in [-0.1, -0.05) is 17.4 Å². The Labute approximate surface area is 76.0 Å². The second kappa shape index (κ2) is 5.09. The van der Waals surface area contributed by atoms with E-state index in [1.165, 1.54) is 0 Å². The molecule has 0 fully saturated rings. The largest absolute Gasteiger partial charge is 0.357 e. The van der Waals surface area contributed by atoms with Crippen molar-refractivity contribution in [1.82, 2.24) is 10.2 Å². The molecule has 0 saturated carbocycles. The third-order valence-corrected chi connectivity index (χ3v) is 1.72. The van der Waals surface area contributed by atoms with Gasteiger partial charge in [0.25, 0.3) is 0 Å². The van der Waals surface area contributed by atoms with E-state index in [-0.39, 0.29) is 12.4 Å². The second-order valence-corrected chi connectivity index (χ2v) is 2.98. The summed E-state index contributed by atoms with van der Waals surface area (Å²) in [6.07, 6.45) is 1.79. The highest BCUT2D eigenvalue weighted by atomic mass is 35.5. The zero-order valence-corrected chi connectivity index (χ0v) is 7.84. The smallest absolute Gasteiger partial charge is 0.205 e. The summed E-state index contributed by atoms with van der Waals surface area (Å²) < 4.78 is 0. The molecule has 0 bridgehead atoms. The van der Waals surface area contributed by atoms with Gasteiger partial charge < -0.3 is 5.32 Å². The molecule has 11 heavy (non-hydrogen) atoms. The summed E-state index contributed by atoms with van der Waals surface area (Å²) in [5.41, 5.74) is 0. The minimum Gasteiger partial charge on any atom is -0.357 e. The molecule has 0 amide bonds. The van der Waals surface area contributed by atoms with Gasteiger partial charge in [-0.3, -0.25) is 0 Å². The number of aryl methyl sites for hydroxylation is 1. The van der Waals surface area contributed by atoms with Gasteiger partial charge in [0.2, 0.25) is 5.13 Å². The summed E-state index contributed by atoms with van der Waals surface area (Å²) in [6.45, 7) is 6.25. The van der Waals surface area contributed by atoms with Gasteiger partial charge in [0.15, 0.2) is 0 Å². The Morgan fingerprint density at radius 2 is 2.36 bits per heavy atom. The summed E-state index contributed by atoms with van der Waals surface area (Å²) >= 11 is 1.55. The molecule has 1 rings (SSSR count). The molecule has 1 heterocycles. The number of hydrogen-bond acceptors (Lipinski definition) is 4. The van der Waals surface area contributed by atoms with E-state index in [4.69, 9.17) is 0 Å². The molecule has 5 heteroatoms. The van der Waals surface area contributed by atoms with Crippen LogP contribution in [0.4, 0.5) is 5.13 Å². The van der Waals surface area contributed by atoms with Gasteiger partial charge in [0.1, 0.15) is 5.01 Å². The van der Waals surface area contributed by atoms with Crippen LogP contribution in [0.2, 0.25) is 0 Å². The van der Waals surface area contributed by atoms with Gasteiger partial charge in [-0.2, -0.15) is 0 Å². The zero-order valence-electron chi connectivity index (χ0n) is 6.20. The monoisotopic (exact) mass is 191 g/mol. The van der Waals surface area contributed by atoms with Crippen LogP contribution in [0.25, 0.3) is 0 Å². The van der Waals surface area contributed by atoms with Crippen molar-refractivity contribution in [2.75, 3.05) is 11.9 Å². The molecule has 0 aliphatic heterocycles. The molecule has 0 aliphatic rings. The number of anilines is 1. The van der Waals surface area contributed by atoms with Gasteiger partial charge >= 0.3 is 0 Å². The highest BCUT2D eigenvalue weighted by Crippen LogP contribution is 2.12. The first-order chi connectivity index (χ1) is 4.83. The second-order valence-electron chi connectivity index (χ2n) is 1.80. The van der Waals surface area contributed by atoms with E-state index < -0.39 is 0 Å². The fourth-order valence-electron chi connectivity index (χ4n) is 0.527. The summed E-state index contributed by atoms with van der Waals surface area (Å²) in [7, 11) is 0. The molecule has 0 aliphatic carbocycles. The average Bonchev–Trinajstić information content (AvgIpc) is 2.31. The molecule has 0 saturated heterocycles. The average molecular weight is 192 g/mol. The number of halogens is 1. The van der Waals surface area contributed by atoms with Crippen molar-refractivity contribution in [2.45, 2.75) is 6.92 Å². The van der Waals surface area contributed by atoms with Crippen molar-refractivity contribution in [3.8, 4) is 0 Å². The summed E-state index contributed by atoms with van der Waals surface area (Å²) in [5, 5.41) is 12.6. The van der Waals surface area contributed by atoms with E-state index in [9.17, 15) is 0 Å². The first-order valence-electron chi connectivity index (χ1n) is 2.98. The maximum Gasteiger partial charge on any atom is 0.205 e. The van der Waals surface area contributed by atoms with E-state index in [0.29, 0.717) is 0 Å². The molecule has 0 atom stereocenters. The lowest BCUT2D eigenvalue weighted by atomic mass is 10.6. The number of aromatic nitrogens is 2. The van der Waals surface area contributed by atoms with E-state index >= 15 is 0 Å². The Morgan fingerprint density at radius 3 is 2.82 bits per heavy atom. The Kier molecular flexibility index (Phi) is 4.81. The SMILES string of the molecule is C=CCNc1nnc(C)s1.Cl. The van der Waals surface area contributed by atoms with Crippen LogP contribution in [0.15, 0.2) is 12.7 Å². The molecule has 0 spiro atoms. The normalized spacial score (nSPS) is 8.45. The van der Waals surface area contributed by atoms with Crippen molar-refractivity contribution in [1.29, 1.82) is 0 Å². The molecular formula is C6H10ClN3S. The van der Waals surface area contributed by atoms with Crippen molar-refractivity contribution < 1.29 is 0 Å². The molecule has 1 aromatic heterocycles. The lowest BCUT2D eigenvalue weighted by Gasteiger charge is -1.91. The van der Waals surface area contributed by atoms with E-state index in [2.05, 4.69) is 22.1 Å². The van der Waals surface area contributed by atoms with Gasteiger partial charge in [-0.05, 0) is 6.92 Å². The zero-order chi connectivity index (χ0) is 7.40. The topological polar surface area (TPSA) is 37.8 Å². The Bertz CT molecular complexity index is 223. The lowest BCUT2D eigenvalue weighted by molar-refractivity contribution is 1.04. The summed E-state index contributed by atoms with van der Waals surface area (Å²) in [4.78, 5) is 0. The van der Waals surface area contributed by atoms with Crippen molar-refractivity contribution in [3.05, 3.63) is 17.7 Å². The summed E-state index contributed by atoms with van der Waals surface area (Å²) in [5.74, 6) is 0. The predicted octanol–water partition coefficient (Wildman–Crippen LogP) is 1.87. The van der Waals surface area contributed by atoms with Gasteiger partial charge in [0, 0.05) is 6.54 Å². The molecule has 0 aromatic carbocycles. The van der Waals surface area contributed by atoms with Crippen LogP contribution < -0.4 is 5.32 Å². The van der Waals surface area contributed by atoms with Crippen LogP contribution in [-0.2, 0) is 0 Å². The number of nitrogens with zero attached hydrogens (tertiary/aromatic N) is 2. The Morgan fingerprint density at radius 1 is 1.64 bits per heavy atom. The van der Waals surface area contributed by atoms with Crippen molar-refractivity contribution in [3.63, 3.8) is 0 Å². The first kappa shape index (κ1) is 10.4. The minimum atomic E-state index is 0. The quantitative estimate of drug-likeness (QED) is 0.742. The number of hydrogen-bond donors (Lipinski definition) is 1. The first-order valence-corrected chi connectivity index (χ1v) is 3.79.